The molecule has 2 rings (SSSR count). The third-order valence-corrected chi connectivity index (χ3v) is 4.18. The van der Waals surface area contributed by atoms with Crippen LogP contribution in [0.5, 0.6) is 0 Å². The van der Waals surface area contributed by atoms with Crippen LogP contribution in [0.3, 0.4) is 0 Å². The van der Waals surface area contributed by atoms with E-state index in [0.29, 0.717) is 22.2 Å². The summed E-state index contributed by atoms with van der Waals surface area (Å²) in [5, 5.41) is 6.17. The largest absolute Gasteiger partial charge is 0.350 e. The molecule has 0 saturated carbocycles. The molecule has 0 heterocycles. The van der Waals surface area contributed by atoms with E-state index < -0.39 is 0 Å². The van der Waals surface area contributed by atoms with Crippen molar-refractivity contribution < 1.29 is 14.4 Å². The van der Waals surface area contributed by atoms with Crippen LogP contribution in [0, 0.1) is 0 Å². The molecule has 2 amide bonds. The molecule has 2 aromatic carbocycles. The summed E-state index contributed by atoms with van der Waals surface area (Å²) < 4.78 is 0. The van der Waals surface area contributed by atoms with Gasteiger partial charge in [-0.2, -0.15) is 0 Å². The molecule has 2 N–H and O–H groups in total. The van der Waals surface area contributed by atoms with E-state index in [1.54, 1.807) is 36.4 Å². The van der Waals surface area contributed by atoms with Crippen molar-refractivity contribution in [1.29, 1.82) is 0 Å². The Hall–Kier alpha value is -2.37. The summed E-state index contributed by atoms with van der Waals surface area (Å²) in [6.07, 6.45) is 0.0243. The van der Waals surface area contributed by atoms with Crippen molar-refractivity contribution in [2.45, 2.75) is 19.4 Å². The smallest absolute Gasteiger partial charge is 0.239 e. The van der Waals surface area contributed by atoms with E-state index in [4.69, 9.17) is 23.2 Å². The number of hydrogen-bond donors (Lipinski definition) is 2. The molecule has 0 aliphatic heterocycles. The molecule has 0 aromatic heterocycles. The Balaban J connectivity index is 1.68. The Morgan fingerprint density at radius 2 is 1.50 bits per heavy atom. The molecule has 0 radical (unpaired) electrons. The summed E-state index contributed by atoms with van der Waals surface area (Å²) >= 11 is 11.7. The summed E-state index contributed by atoms with van der Waals surface area (Å²) in [7, 11) is 0. The van der Waals surface area contributed by atoms with Crippen molar-refractivity contribution >= 4 is 40.8 Å². The lowest BCUT2D eigenvalue weighted by atomic mass is 10.1. The Morgan fingerprint density at radius 3 is 2.19 bits per heavy atom. The van der Waals surface area contributed by atoms with Gasteiger partial charge in [0.15, 0.2) is 5.78 Å². The molecule has 0 aliphatic carbocycles. The molecule has 26 heavy (non-hydrogen) atoms. The first-order chi connectivity index (χ1) is 12.5. The van der Waals surface area contributed by atoms with Gasteiger partial charge in [-0.15, -0.1) is 0 Å². The SMILES string of the molecule is O=C(CCC(=O)c1ccccc1Cl)NCC(=O)NCc1ccc(Cl)cc1. The van der Waals surface area contributed by atoms with Gasteiger partial charge in [-0.25, -0.2) is 0 Å². The molecule has 0 spiro atoms. The molecule has 7 heteroatoms. The van der Waals surface area contributed by atoms with Crippen molar-refractivity contribution in [1.82, 2.24) is 10.6 Å². The monoisotopic (exact) mass is 392 g/mol. The van der Waals surface area contributed by atoms with Crippen molar-refractivity contribution in [3.8, 4) is 0 Å². The zero-order valence-corrected chi connectivity index (χ0v) is 15.4. The topological polar surface area (TPSA) is 75.3 Å². The number of carbonyl (C=O) groups excluding carboxylic acids is 3. The second kappa shape index (κ2) is 9.94. The molecule has 136 valence electrons. The summed E-state index contributed by atoms with van der Waals surface area (Å²) in [6, 6.07) is 13.8. The predicted octanol–water partition coefficient (Wildman–Crippen LogP) is 3.39. The average Bonchev–Trinajstić information content (AvgIpc) is 2.64. The second-order valence-corrected chi connectivity index (χ2v) is 6.43. The van der Waals surface area contributed by atoms with Gasteiger partial charge in [0, 0.05) is 30.0 Å². The zero-order chi connectivity index (χ0) is 18.9. The summed E-state index contributed by atoms with van der Waals surface area (Å²) in [4.78, 5) is 35.6. The lowest BCUT2D eigenvalue weighted by molar-refractivity contribution is -0.126. The first-order valence-corrected chi connectivity index (χ1v) is 8.77. The second-order valence-electron chi connectivity index (χ2n) is 5.58. The molecular weight excluding hydrogens is 375 g/mol. The van der Waals surface area contributed by atoms with Crippen LogP contribution in [-0.4, -0.2) is 24.1 Å². The van der Waals surface area contributed by atoms with Gasteiger partial charge in [0.1, 0.15) is 0 Å². The number of nitrogens with one attached hydrogen (secondary N) is 2. The van der Waals surface area contributed by atoms with Crippen molar-refractivity contribution in [2.75, 3.05) is 6.54 Å². The number of benzene rings is 2. The lowest BCUT2D eigenvalue weighted by Gasteiger charge is -2.07. The fraction of sp³-hybridized carbons (Fsp3) is 0.211. The summed E-state index contributed by atoms with van der Waals surface area (Å²) in [5.41, 5.74) is 1.29. The third-order valence-electron chi connectivity index (χ3n) is 3.60. The molecule has 0 fully saturated rings. The van der Waals surface area contributed by atoms with Crippen LogP contribution in [0.15, 0.2) is 48.5 Å². The lowest BCUT2D eigenvalue weighted by Crippen LogP contribution is -2.36. The van der Waals surface area contributed by atoms with Gasteiger partial charge in [0.05, 0.1) is 11.6 Å². The maximum absolute atomic E-state index is 12.0. The van der Waals surface area contributed by atoms with Gasteiger partial charge in [0.2, 0.25) is 11.8 Å². The first-order valence-electron chi connectivity index (χ1n) is 8.01. The number of rotatable bonds is 8. The molecule has 5 nitrogen and oxygen atoms in total. The fourth-order valence-corrected chi connectivity index (χ4v) is 2.55. The summed E-state index contributed by atoms with van der Waals surface area (Å²) in [5.74, 6) is -0.893. The highest BCUT2D eigenvalue weighted by atomic mass is 35.5. The minimum absolute atomic E-state index is 0.00544. The molecule has 0 atom stereocenters. The van der Waals surface area contributed by atoms with E-state index >= 15 is 0 Å². The standard InChI is InChI=1S/C19H18Cl2N2O3/c20-14-7-5-13(6-8-14)11-22-19(26)12-23-18(25)10-9-17(24)15-3-1-2-4-16(15)21/h1-8H,9-12H2,(H,22,26)(H,23,25). The third kappa shape index (κ3) is 6.50. The van der Waals surface area contributed by atoms with Gasteiger partial charge >= 0.3 is 0 Å². The molecular formula is C19H18Cl2N2O3. The molecule has 0 unspecified atom stereocenters. The number of carbonyl (C=O) groups is 3. The van der Waals surface area contributed by atoms with Crippen LogP contribution in [0.25, 0.3) is 0 Å². The Morgan fingerprint density at radius 1 is 0.808 bits per heavy atom. The normalized spacial score (nSPS) is 10.2. The predicted molar refractivity (Wildman–Crippen MR) is 101 cm³/mol. The van der Waals surface area contributed by atoms with Crippen molar-refractivity contribution in [3.63, 3.8) is 0 Å². The Bertz CT molecular complexity index is 792. The highest BCUT2D eigenvalue weighted by Gasteiger charge is 2.12. The van der Waals surface area contributed by atoms with Gasteiger partial charge < -0.3 is 10.6 Å². The number of amides is 2. The van der Waals surface area contributed by atoms with Crippen LogP contribution in [0.1, 0.15) is 28.8 Å². The average molecular weight is 393 g/mol. The minimum atomic E-state index is -0.368. The highest BCUT2D eigenvalue weighted by Crippen LogP contribution is 2.17. The van der Waals surface area contributed by atoms with Gasteiger partial charge in [-0.1, -0.05) is 47.5 Å². The first kappa shape index (κ1) is 19.9. The highest BCUT2D eigenvalue weighted by molar-refractivity contribution is 6.34. The quantitative estimate of drug-likeness (QED) is 0.676. The van der Waals surface area contributed by atoms with E-state index in [9.17, 15) is 14.4 Å². The number of halogens is 2. The van der Waals surface area contributed by atoms with Crippen molar-refractivity contribution in [2.24, 2.45) is 0 Å². The van der Waals surface area contributed by atoms with Crippen LogP contribution < -0.4 is 10.6 Å². The van der Waals surface area contributed by atoms with E-state index in [1.807, 2.05) is 12.1 Å². The van der Waals surface area contributed by atoms with Crippen LogP contribution >= 0.6 is 23.2 Å². The fourth-order valence-electron chi connectivity index (χ4n) is 2.18. The summed E-state index contributed by atoms with van der Waals surface area (Å²) in [6.45, 7) is 0.198. The van der Waals surface area contributed by atoms with Crippen LogP contribution in [0.2, 0.25) is 10.0 Å². The van der Waals surface area contributed by atoms with Crippen LogP contribution in [-0.2, 0) is 16.1 Å². The van der Waals surface area contributed by atoms with E-state index in [-0.39, 0.29) is 37.0 Å². The van der Waals surface area contributed by atoms with Crippen LogP contribution in [0.4, 0.5) is 0 Å². The number of Topliss-reactive ketones (excluding diaryl/α,β-unsaturated/α-hetero) is 1. The minimum Gasteiger partial charge on any atom is -0.350 e. The Labute approximate surface area is 161 Å². The van der Waals surface area contributed by atoms with Gasteiger partial charge in [-0.3, -0.25) is 14.4 Å². The zero-order valence-electron chi connectivity index (χ0n) is 13.9. The molecule has 0 saturated heterocycles. The number of ketones is 1. The van der Waals surface area contributed by atoms with E-state index in [2.05, 4.69) is 10.6 Å². The van der Waals surface area contributed by atoms with Crippen molar-refractivity contribution in [3.05, 3.63) is 69.7 Å². The molecule has 0 aliphatic rings. The van der Waals surface area contributed by atoms with E-state index in [0.717, 1.165) is 5.56 Å². The maximum atomic E-state index is 12.0. The Kier molecular flexibility index (Phi) is 7.63. The number of hydrogen-bond acceptors (Lipinski definition) is 3. The van der Waals surface area contributed by atoms with Gasteiger partial charge in [-0.05, 0) is 29.8 Å². The maximum Gasteiger partial charge on any atom is 0.239 e. The van der Waals surface area contributed by atoms with Gasteiger partial charge in [0.25, 0.3) is 0 Å². The molecule has 2 aromatic rings. The molecule has 0 bridgehead atoms. The van der Waals surface area contributed by atoms with E-state index in [1.165, 1.54) is 0 Å².